The van der Waals surface area contributed by atoms with Crippen molar-refractivity contribution < 1.29 is 19.1 Å². The van der Waals surface area contributed by atoms with Gasteiger partial charge in [-0.1, -0.05) is 6.08 Å². The van der Waals surface area contributed by atoms with Gasteiger partial charge >= 0.3 is 11.9 Å². The van der Waals surface area contributed by atoms with Crippen molar-refractivity contribution in [3.05, 3.63) is 11.5 Å². The van der Waals surface area contributed by atoms with E-state index < -0.39 is 23.1 Å². The van der Waals surface area contributed by atoms with Crippen molar-refractivity contribution in [3.8, 4) is 0 Å². The van der Waals surface area contributed by atoms with Gasteiger partial charge in [0, 0.05) is 0 Å². The van der Waals surface area contributed by atoms with Crippen LogP contribution in [0.25, 0.3) is 0 Å². The Morgan fingerprint density at radius 2 is 1.85 bits per heavy atom. The summed E-state index contributed by atoms with van der Waals surface area (Å²) in [5.41, 5.74) is 0. The van der Waals surface area contributed by atoms with E-state index in [0.29, 0.717) is 0 Å². The molecule has 2 atom stereocenters. The van der Waals surface area contributed by atoms with Gasteiger partial charge in [0.05, 0.1) is 20.1 Å². The van der Waals surface area contributed by atoms with Crippen molar-refractivity contribution in [1.29, 1.82) is 0 Å². The highest BCUT2D eigenvalue weighted by atomic mass is 32.2. The molecule has 0 amide bonds. The second-order valence-electron chi connectivity index (χ2n) is 2.46. The molecular formula is C8H10O4S. The minimum atomic E-state index is -0.512. The fraction of sp³-hybridized carbons (Fsp3) is 0.500. The normalized spacial score (nSPS) is 25.7. The maximum absolute atomic E-state index is 11.2. The van der Waals surface area contributed by atoms with Crippen molar-refractivity contribution >= 4 is 23.7 Å². The van der Waals surface area contributed by atoms with Crippen LogP contribution in [0.15, 0.2) is 11.5 Å². The van der Waals surface area contributed by atoms with E-state index in [1.807, 2.05) is 0 Å². The van der Waals surface area contributed by atoms with Gasteiger partial charge in [-0.05, 0) is 5.41 Å². The molecule has 0 fully saturated rings. The molecule has 1 rings (SSSR count). The van der Waals surface area contributed by atoms with Crippen LogP contribution in [0.4, 0.5) is 0 Å². The molecule has 5 heteroatoms. The molecule has 2 unspecified atom stereocenters. The van der Waals surface area contributed by atoms with Crippen LogP contribution >= 0.6 is 11.8 Å². The van der Waals surface area contributed by atoms with Crippen molar-refractivity contribution in [2.45, 2.75) is 5.25 Å². The van der Waals surface area contributed by atoms with E-state index in [-0.39, 0.29) is 0 Å². The minimum Gasteiger partial charge on any atom is -0.469 e. The number of rotatable bonds is 2. The second kappa shape index (κ2) is 4.32. The Labute approximate surface area is 80.3 Å². The first-order chi connectivity index (χ1) is 6.20. The SMILES string of the molecule is COC(=O)C1C=CSC1C(=O)OC. The van der Waals surface area contributed by atoms with Crippen LogP contribution in [0, 0.1) is 5.92 Å². The Kier molecular flexibility index (Phi) is 3.36. The summed E-state index contributed by atoms with van der Waals surface area (Å²) < 4.78 is 9.10. The first-order valence-electron chi connectivity index (χ1n) is 3.68. The average Bonchev–Trinajstić information content (AvgIpc) is 2.63. The molecule has 0 aromatic carbocycles. The van der Waals surface area contributed by atoms with Gasteiger partial charge in [-0.3, -0.25) is 9.59 Å². The molecule has 0 aromatic heterocycles. The Morgan fingerprint density at radius 3 is 2.38 bits per heavy atom. The molecule has 4 nitrogen and oxygen atoms in total. The highest BCUT2D eigenvalue weighted by Crippen LogP contribution is 2.31. The van der Waals surface area contributed by atoms with E-state index in [0.717, 1.165) is 0 Å². The quantitative estimate of drug-likeness (QED) is 0.613. The van der Waals surface area contributed by atoms with Crippen molar-refractivity contribution in [3.63, 3.8) is 0 Å². The highest BCUT2D eigenvalue weighted by molar-refractivity contribution is 8.03. The number of ether oxygens (including phenoxy) is 2. The van der Waals surface area contributed by atoms with Crippen LogP contribution in [0.1, 0.15) is 0 Å². The van der Waals surface area contributed by atoms with Gasteiger partial charge in [0.1, 0.15) is 5.25 Å². The van der Waals surface area contributed by atoms with Crippen molar-refractivity contribution in [1.82, 2.24) is 0 Å². The molecule has 0 saturated heterocycles. The van der Waals surface area contributed by atoms with Crippen molar-refractivity contribution in [2.24, 2.45) is 5.92 Å². The van der Waals surface area contributed by atoms with Crippen LogP contribution in [-0.2, 0) is 19.1 Å². The zero-order chi connectivity index (χ0) is 9.84. The molecule has 1 heterocycles. The van der Waals surface area contributed by atoms with Gasteiger partial charge in [0.2, 0.25) is 0 Å². The smallest absolute Gasteiger partial charge is 0.320 e. The summed E-state index contributed by atoms with van der Waals surface area (Å²) in [4.78, 5) is 22.3. The standard InChI is InChI=1S/C8H10O4S/c1-11-7(9)5-3-4-13-6(5)8(10)12-2/h3-6H,1-2H3. The summed E-state index contributed by atoms with van der Waals surface area (Å²) in [5, 5.41) is 1.22. The van der Waals surface area contributed by atoms with Crippen LogP contribution < -0.4 is 0 Å². The van der Waals surface area contributed by atoms with Crippen LogP contribution in [0.3, 0.4) is 0 Å². The first kappa shape index (κ1) is 10.1. The van der Waals surface area contributed by atoms with Crippen LogP contribution in [-0.4, -0.2) is 31.4 Å². The molecule has 0 aromatic rings. The molecule has 13 heavy (non-hydrogen) atoms. The van der Waals surface area contributed by atoms with Gasteiger partial charge in [-0.15, -0.1) is 11.8 Å². The van der Waals surface area contributed by atoms with E-state index in [4.69, 9.17) is 0 Å². The second-order valence-corrected chi connectivity index (χ2v) is 3.51. The largest absolute Gasteiger partial charge is 0.469 e. The topological polar surface area (TPSA) is 52.6 Å². The third kappa shape index (κ3) is 2.03. The third-order valence-corrected chi connectivity index (χ3v) is 2.84. The molecule has 0 saturated carbocycles. The van der Waals surface area contributed by atoms with Gasteiger partial charge in [-0.25, -0.2) is 0 Å². The molecule has 0 spiro atoms. The summed E-state index contributed by atoms with van der Waals surface area (Å²) in [6.45, 7) is 0. The number of hydrogen-bond acceptors (Lipinski definition) is 5. The Morgan fingerprint density at radius 1 is 1.23 bits per heavy atom. The summed E-state index contributed by atoms with van der Waals surface area (Å²) in [6, 6.07) is 0. The summed E-state index contributed by atoms with van der Waals surface area (Å²) in [5.74, 6) is -1.32. The summed E-state index contributed by atoms with van der Waals surface area (Å²) in [7, 11) is 2.60. The van der Waals surface area contributed by atoms with Crippen molar-refractivity contribution in [2.75, 3.05) is 14.2 Å². The molecule has 0 N–H and O–H groups in total. The Balaban J connectivity index is 2.67. The van der Waals surface area contributed by atoms with Crippen LogP contribution in [0.2, 0.25) is 0 Å². The molecule has 0 aliphatic carbocycles. The average molecular weight is 202 g/mol. The lowest BCUT2D eigenvalue weighted by Gasteiger charge is -2.13. The minimum absolute atomic E-state index is 0.398. The molecule has 0 radical (unpaired) electrons. The van der Waals surface area contributed by atoms with E-state index in [2.05, 4.69) is 9.47 Å². The zero-order valence-electron chi connectivity index (χ0n) is 7.35. The molecule has 1 aliphatic heterocycles. The van der Waals surface area contributed by atoms with Gasteiger partial charge < -0.3 is 9.47 Å². The lowest BCUT2D eigenvalue weighted by molar-refractivity contribution is -0.149. The predicted molar refractivity (Wildman–Crippen MR) is 48.0 cm³/mol. The molecule has 72 valence electrons. The number of thioether (sulfide) groups is 1. The highest BCUT2D eigenvalue weighted by Gasteiger charge is 2.36. The fourth-order valence-corrected chi connectivity index (χ4v) is 2.06. The summed E-state index contributed by atoms with van der Waals surface area (Å²) in [6.07, 6.45) is 1.65. The summed E-state index contributed by atoms with van der Waals surface area (Å²) >= 11 is 1.27. The third-order valence-electron chi connectivity index (χ3n) is 1.74. The number of carbonyl (C=O) groups is 2. The predicted octanol–water partition coefficient (Wildman–Crippen LogP) is 0.578. The van der Waals surface area contributed by atoms with E-state index in [1.165, 1.54) is 26.0 Å². The van der Waals surface area contributed by atoms with Gasteiger partial charge in [-0.2, -0.15) is 0 Å². The number of methoxy groups -OCH3 is 2. The molecule has 1 aliphatic rings. The fourth-order valence-electron chi connectivity index (χ4n) is 1.06. The van der Waals surface area contributed by atoms with E-state index in [9.17, 15) is 9.59 Å². The lowest BCUT2D eigenvalue weighted by Crippen LogP contribution is -2.30. The Bertz CT molecular complexity index is 249. The van der Waals surface area contributed by atoms with Gasteiger partial charge in [0.25, 0.3) is 0 Å². The maximum Gasteiger partial charge on any atom is 0.320 e. The number of hydrogen-bond donors (Lipinski definition) is 0. The maximum atomic E-state index is 11.2. The van der Waals surface area contributed by atoms with E-state index >= 15 is 0 Å². The first-order valence-corrected chi connectivity index (χ1v) is 4.62. The number of carbonyl (C=O) groups excluding carboxylic acids is 2. The van der Waals surface area contributed by atoms with Crippen LogP contribution in [0.5, 0.6) is 0 Å². The number of esters is 2. The molecular weight excluding hydrogens is 192 g/mol. The van der Waals surface area contributed by atoms with Gasteiger partial charge in [0.15, 0.2) is 0 Å². The monoisotopic (exact) mass is 202 g/mol. The lowest BCUT2D eigenvalue weighted by atomic mass is 10.1. The van der Waals surface area contributed by atoms with E-state index in [1.54, 1.807) is 11.5 Å². The molecule has 0 bridgehead atoms. The zero-order valence-corrected chi connectivity index (χ0v) is 8.17. The Hall–Kier alpha value is -0.970.